The molecule has 0 spiro atoms. The number of hydrogen-bond acceptors (Lipinski definition) is 5. The lowest BCUT2D eigenvalue weighted by Gasteiger charge is -2.34. The second kappa shape index (κ2) is 8.92. The molecule has 156 valence electrons. The van der Waals surface area contributed by atoms with Crippen molar-refractivity contribution in [3.05, 3.63) is 73.6 Å². The van der Waals surface area contributed by atoms with Crippen LogP contribution in [0.3, 0.4) is 0 Å². The zero-order valence-corrected chi connectivity index (χ0v) is 18.6. The van der Waals surface area contributed by atoms with Crippen LogP contribution < -0.4 is 4.74 Å². The summed E-state index contributed by atoms with van der Waals surface area (Å²) in [4.78, 5) is 19.5. The highest BCUT2D eigenvalue weighted by Gasteiger charge is 2.23. The number of carbonyl (C=O) groups is 1. The summed E-state index contributed by atoms with van der Waals surface area (Å²) >= 11 is 3.33. The van der Waals surface area contributed by atoms with E-state index in [1.165, 1.54) is 40.2 Å². The molecule has 0 N–H and O–H groups in total. The molecular formula is C24H26N2O2S2. The Labute approximate surface area is 185 Å². The second-order valence-electron chi connectivity index (χ2n) is 8.04. The average molecular weight is 439 g/mol. The van der Waals surface area contributed by atoms with E-state index in [-0.39, 0.29) is 5.91 Å². The summed E-state index contributed by atoms with van der Waals surface area (Å²) in [6, 6.07) is 12.7. The van der Waals surface area contributed by atoms with Gasteiger partial charge in [-0.3, -0.25) is 9.69 Å². The zero-order valence-electron chi connectivity index (χ0n) is 17.0. The van der Waals surface area contributed by atoms with E-state index >= 15 is 0 Å². The van der Waals surface area contributed by atoms with E-state index in [1.807, 2.05) is 16.3 Å². The first-order valence-corrected chi connectivity index (χ1v) is 12.4. The Balaban J connectivity index is 1.13. The first-order valence-electron chi connectivity index (χ1n) is 10.6. The summed E-state index contributed by atoms with van der Waals surface area (Å²) in [6.07, 6.45) is 3.59. The molecule has 0 saturated carbocycles. The van der Waals surface area contributed by atoms with Crippen molar-refractivity contribution in [2.45, 2.75) is 32.4 Å². The average Bonchev–Trinajstić information content (AvgIpc) is 3.53. The fourth-order valence-electron chi connectivity index (χ4n) is 4.26. The Hall–Kier alpha value is -2.15. The number of benzene rings is 1. The van der Waals surface area contributed by atoms with E-state index in [0.29, 0.717) is 6.61 Å². The standard InChI is InChI=1S/C24H26N2O2S2/c27-24(26-10-8-25(9-11-26)15-22-5-2-12-29-22)23-13-18(17-30-23)16-28-21-7-6-19-3-1-4-20(19)14-21/h2,5-7,12-14,17H,1,3-4,8-11,15-16H2. The third-order valence-corrected chi connectivity index (χ3v) is 7.79. The van der Waals surface area contributed by atoms with Crippen molar-refractivity contribution >= 4 is 28.6 Å². The molecule has 1 aliphatic carbocycles. The van der Waals surface area contributed by atoms with E-state index in [2.05, 4.69) is 40.6 Å². The summed E-state index contributed by atoms with van der Waals surface area (Å²) in [6.45, 7) is 4.96. The minimum Gasteiger partial charge on any atom is -0.489 e. The second-order valence-corrected chi connectivity index (χ2v) is 9.98. The molecule has 4 nitrogen and oxygen atoms in total. The van der Waals surface area contributed by atoms with Crippen molar-refractivity contribution in [1.29, 1.82) is 0 Å². The molecule has 3 aromatic rings. The van der Waals surface area contributed by atoms with Gasteiger partial charge in [-0.25, -0.2) is 0 Å². The van der Waals surface area contributed by atoms with Crippen molar-refractivity contribution in [3.8, 4) is 5.75 Å². The molecule has 1 aliphatic heterocycles. The van der Waals surface area contributed by atoms with Crippen molar-refractivity contribution in [1.82, 2.24) is 9.80 Å². The number of thiophene rings is 2. The first-order chi connectivity index (χ1) is 14.7. The number of ether oxygens (including phenoxy) is 1. The lowest BCUT2D eigenvalue weighted by atomic mass is 10.1. The Morgan fingerprint density at radius 3 is 2.70 bits per heavy atom. The van der Waals surface area contributed by atoms with E-state index in [1.54, 1.807) is 11.3 Å². The summed E-state index contributed by atoms with van der Waals surface area (Å²) in [5, 5.41) is 4.17. The normalized spacial score (nSPS) is 16.6. The van der Waals surface area contributed by atoms with E-state index < -0.39 is 0 Å². The van der Waals surface area contributed by atoms with E-state index in [9.17, 15) is 4.79 Å². The van der Waals surface area contributed by atoms with Gasteiger partial charge in [-0.05, 0) is 65.4 Å². The highest BCUT2D eigenvalue weighted by molar-refractivity contribution is 7.12. The maximum atomic E-state index is 12.9. The molecule has 6 heteroatoms. The smallest absolute Gasteiger partial charge is 0.264 e. The van der Waals surface area contributed by atoms with Crippen LogP contribution in [0, 0.1) is 0 Å². The summed E-state index contributed by atoms with van der Waals surface area (Å²) in [7, 11) is 0. The van der Waals surface area contributed by atoms with Gasteiger partial charge in [0.1, 0.15) is 12.4 Å². The van der Waals surface area contributed by atoms with Crippen LogP contribution in [0.2, 0.25) is 0 Å². The Morgan fingerprint density at radius 2 is 1.87 bits per heavy atom. The molecule has 1 amide bonds. The number of nitrogens with zero attached hydrogens (tertiary/aromatic N) is 2. The Kier molecular flexibility index (Phi) is 5.88. The quantitative estimate of drug-likeness (QED) is 0.552. The fraction of sp³-hybridized carbons (Fsp3) is 0.375. The third-order valence-electron chi connectivity index (χ3n) is 5.96. The third kappa shape index (κ3) is 4.46. The molecule has 1 saturated heterocycles. The van der Waals surface area contributed by atoms with Gasteiger partial charge in [0.15, 0.2) is 0 Å². The van der Waals surface area contributed by atoms with Crippen molar-refractivity contribution < 1.29 is 9.53 Å². The predicted molar refractivity (Wildman–Crippen MR) is 123 cm³/mol. The molecule has 1 aromatic carbocycles. The molecular weight excluding hydrogens is 412 g/mol. The van der Waals surface area contributed by atoms with E-state index in [4.69, 9.17) is 4.74 Å². The van der Waals surface area contributed by atoms with Crippen LogP contribution in [0.1, 0.15) is 37.7 Å². The Bertz CT molecular complexity index is 1000. The first kappa shape index (κ1) is 19.8. The predicted octanol–water partition coefficient (Wildman–Crippen LogP) is 4.84. The highest BCUT2D eigenvalue weighted by Crippen LogP contribution is 2.27. The number of rotatable bonds is 6. The van der Waals surface area contributed by atoms with E-state index in [0.717, 1.165) is 55.3 Å². The van der Waals surface area contributed by atoms with Crippen LogP contribution in [0.15, 0.2) is 47.2 Å². The Morgan fingerprint density at radius 1 is 1.00 bits per heavy atom. The van der Waals surface area contributed by atoms with Gasteiger partial charge in [0.05, 0.1) is 4.88 Å². The lowest BCUT2D eigenvalue weighted by Crippen LogP contribution is -2.48. The van der Waals surface area contributed by atoms with Gasteiger partial charge in [-0.1, -0.05) is 12.1 Å². The van der Waals surface area contributed by atoms with Crippen molar-refractivity contribution in [2.75, 3.05) is 26.2 Å². The van der Waals surface area contributed by atoms with Gasteiger partial charge in [0.25, 0.3) is 5.91 Å². The van der Waals surface area contributed by atoms with Crippen LogP contribution >= 0.6 is 22.7 Å². The largest absolute Gasteiger partial charge is 0.489 e. The molecule has 0 unspecified atom stereocenters. The summed E-state index contributed by atoms with van der Waals surface area (Å²) in [5.74, 6) is 1.08. The molecule has 30 heavy (non-hydrogen) atoms. The van der Waals surface area contributed by atoms with Crippen LogP contribution in [-0.2, 0) is 26.0 Å². The minimum atomic E-state index is 0.152. The monoisotopic (exact) mass is 438 g/mol. The van der Waals surface area contributed by atoms with Gasteiger partial charge >= 0.3 is 0 Å². The SMILES string of the molecule is O=C(c1cc(COc2ccc3c(c2)CCC3)cs1)N1CCN(Cc2cccs2)CC1. The van der Waals surface area contributed by atoms with Gasteiger partial charge < -0.3 is 9.64 Å². The number of fused-ring (bicyclic) bond motifs is 1. The van der Waals surface area contributed by atoms with Gasteiger partial charge in [-0.15, -0.1) is 22.7 Å². The highest BCUT2D eigenvalue weighted by atomic mass is 32.1. The van der Waals surface area contributed by atoms with Crippen LogP contribution in [0.4, 0.5) is 0 Å². The molecule has 2 aliphatic rings. The number of aryl methyl sites for hydroxylation is 2. The minimum absolute atomic E-state index is 0.152. The molecule has 0 bridgehead atoms. The van der Waals surface area contributed by atoms with Gasteiger partial charge in [0.2, 0.25) is 0 Å². The molecule has 1 fully saturated rings. The van der Waals surface area contributed by atoms with Crippen molar-refractivity contribution in [3.63, 3.8) is 0 Å². The molecule has 0 atom stereocenters. The number of amides is 1. The van der Waals surface area contributed by atoms with Crippen LogP contribution in [0.25, 0.3) is 0 Å². The fourth-order valence-corrected chi connectivity index (χ4v) is 5.87. The lowest BCUT2D eigenvalue weighted by molar-refractivity contribution is 0.0634. The summed E-state index contributed by atoms with van der Waals surface area (Å²) < 4.78 is 6.00. The van der Waals surface area contributed by atoms with Gasteiger partial charge in [0, 0.05) is 43.2 Å². The molecule has 3 heterocycles. The van der Waals surface area contributed by atoms with Crippen LogP contribution in [-0.4, -0.2) is 41.9 Å². The summed E-state index contributed by atoms with van der Waals surface area (Å²) in [5.41, 5.74) is 3.95. The maximum absolute atomic E-state index is 12.9. The number of hydrogen-bond donors (Lipinski definition) is 0. The number of carbonyl (C=O) groups excluding carboxylic acids is 1. The number of piperazine rings is 1. The molecule has 2 aromatic heterocycles. The maximum Gasteiger partial charge on any atom is 0.264 e. The topological polar surface area (TPSA) is 32.8 Å². The van der Waals surface area contributed by atoms with Crippen LogP contribution in [0.5, 0.6) is 5.75 Å². The zero-order chi connectivity index (χ0) is 20.3. The van der Waals surface area contributed by atoms with Crippen molar-refractivity contribution in [2.24, 2.45) is 0 Å². The molecule has 5 rings (SSSR count). The molecule has 0 radical (unpaired) electrons. The van der Waals surface area contributed by atoms with Gasteiger partial charge in [-0.2, -0.15) is 0 Å².